The third-order valence-electron chi connectivity index (χ3n) is 7.21. The largest absolute Gasteiger partial charge is 0.357 e. The van der Waals surface area contributed by atoms with Gasteiger partial charge < -0.3 is 4.98 Å². The maximum absolute atomic E-state index is 13.7. The Balaban J connectivity index is 1.33. The first-order valence-electron chi connectivity index (χ1n) is 13.2. The highest BCUT2D eigenvalue weighted by Crippen LogP contribution is 2.33. The molecule has 1 fully saturated rings. The van der Waals surface area contributed by atoms with Crippen molar-refractivity contribution in [2.24, 2.45) is 4.99 Å². The minimum absolute atomic E-state index is 0.101. The van der Waals surface area contributed by atoms with Crippen LogP contribution in [-0.2, 0) is 0 Å². The van der Waals surface area contributed by atoms with E-state index in [2.05, 4.69) is 48.9 Å². The summed E-state index contributed by atoms with van der Waals surface area (Å²) in [6, 6.07) is 9.98. The summed E-state index contributed by atoms with van der Waals surface area (Å²) < 4.78 is 27.5. The first kappa shape index (κ1) is 25.8. The molecule has 0 aliphatic carbocycles. The molecule has 1 saturated heterocycles. The van der Waals surface area contributed by atoms with Crippen LogP contribution in [0, 0.1) is 6.92 Å². The second kappa shape index (κ2) is 10.6. The number of nitrogens with zero attached hydrogens (tertiary/aromatic N) is 5. The molecule has 0 radical (unpaired) electrons. The predicted octanol–water partition coefficient (Wildman–Crippen LogP) is 6.01. The van der Waals surface area contributed by atoms with Crippen LogP contribution < -0.4 is 0 Å². The van der Waals surface area contributed by atoms with E-state index in [0.29, 0.717) is 25.3 Å². The molecular weight excluding hydrogens is 508 g/mol. The van der Waals surface area contributed by atoms with E-state index in [9.17, 15) is 8.78 Å². The molecule has 2 aliphatic heterocycles. The monoisotopic (exact) mass is 537 g/mol. The standard InChI is InChI=1S/C31H29F2N7/c1-3-6-24(27-7-4-5-10-35-27)25-15-28(37-20(25)2)29-26-14-23(17-36-30(26)39-38-29)22-8-11-34-16-21(13-22)18-40-12-9-31(32,33)19-40/h3-8,10,13-17,37H,1,9,11-12,18-19H2,2H3,(H,36,38,39)/b24-6+. The minimum Gasteiger partial charge on any atom is -0.357 e. The molecule has 0 amide bonds. The van der Waals surface area contributed by atoms with E-state index in [-0.39, 0.29) is 13.0 Å². The molecule has 202 valence electrons. The van der Waals surface area contributed by atoms with Crippen LogP contribution in [0.4, 0.5) is 8.78 Å². The fourth-order valence-electron chi connectivity index (χ4n) is 5.29. The molecule has 6 heterocycles. The molecule has 0 atom stereocenters. The summed E-state index contributed by atoms with van der Waals surface area (Å²) in [5.74, 6) is -2.62. The van der Waals surface area contributed by atoms with Crippen LogP contribution in [0.3, 0.4) is 0 Å². The number of halogens is 2. The molecule has 2 aliphatic rings. The number of fused-ring (bicyclic) bond motifs is 1. The van der Waals surface area contributed by atoms with E-state index < -0.39 is 5.92 Å². The van der Waals surface area contributed by atoms with Crippen molar-refractivity contribution in [2.45, 2.75) is 19.3 Å². The van der Waals surface area contributed by atoms with Crippen LogP contribution >= 0.6 is 0 Å². The minimum atomic E-state index is -2.62. The van der Waals surface area contributed by atoms with Crippen LogP contribution in [0.15, 0.2) is 84.2 Å². The van der Waals surface area contributed by atoms with Gasteiger partial charge in [-0.15, -0.1) is 0 Å². The first-order chi connectivity index (χ1) is 19.4. The van der Waals surface area contributed by atoms with Crippen molar-refractivity contribution in [3.05, 3.63) is 102 Å². The molecule has 0 aromatic carbocycles. The van der Waals surface area contributed by atoms with Crippen molar-refractivity contribution in [3.63, 3.8) is 0 Å². The van der Waals surface area contributed by atoms with Gasteiger partial charge in [0.2, 0.25) is 0 Å². The number of pyridine rings is 2. The van der Waals surface area contributed by atoms with E-state index >= 15 is 0 Å². The number of aliphatic imine (C=N–C) groups is 1. The summed E-state index contributed by atoms with van der Waals surface area (Å²) in [5.41, 5.74) is 8.91. The second-order valence-electron chi connectivity index (χ2n) is 10.1. The fourth-order valence-corrected chi connectivity index (χ4v) is 5.29. The van der Waals surface area contributed by atoms with Gasteiger partial charge in [-0.25, -0.2) is 13.8 Å². The van der Waals surface area contributed by atoms with E-state index in [4.69, 9.17) is 0 Å². The third-order valence-corrected chi connectivity index (χ3v) is 7.21. The summed E-state index contributed by atoms with van der Waals surface area (Å²) in [5, 5.41) is 8.46. The molecular formula is C31H29F2N7. The molecule has 0 saturated carbocycles. The zero-order valence-corrected chi connectivity index (χ0v) is 22.2. The number of aromatic amines is 2. The number of H-pyrrole nitrogens is 2. The second-order valence-corrected chi connectivity index (χ2v) is 10.1. The highest BCUT2D eigenvalue weighted by molar-refractivity contribution is 5.95. The highest BCUT2D eigenvalue weighted by Gasteiger charge is 2.38. The smallest absolute Gasteiger partial charge is 0.261 e. The number of hydrogen-bond acceptors (Lipinski definition) is 5. The van der Waals surface area contributed by atoms with Gasteiger partial charge in [0.15, 0.2) is 5.65 Å². The summed E-state index contributed by atoms with van der Waals surface area (Å²) in [6.45, 7) is 7.02. The molecule has 0 unspecified atom stereocenters. The van der Waals surface area contributed by atoms with Crippen molar-refractivity contribution in [2.75, 3.05) is 26.2 Å². The van der Waals surface area contributed by atoms with Gasteiger partial charge in [-0.1, -0.05) is 30.9 Å². The van der Waals surface area contributed by atoms with E-state index in [1.807, 2.05) is 43.4 Å². The first-order valence-corrected chi connectivity index (χ1v) is 13.2. The Morgan fingerprint density at radius 2 is 2.12 bits per heavy atom. The summed E-state index contributed by atoms with van der Waals surface area (Å²) >= 11 is 0. The van der Waals surface area contributed by atoms with Crippen molar-refractivity contribution in [3.8, 4) is 11.4 Å². The van der Waals surface area contributed by atoms with Crippen LogP contribution in [0.2, 0.25) is 0 Å². The quantitative estimate of drug-likeness (QED) is 0.283. The highest BCUT2D eigenvalue weighted by atomic mass is 19.3. The number of nitrogens with one attached hydrogen (secondary N) is 2. The lowest BCUT2D eigenvalue weighted by Crippen LogP contribution is -2.27. The molecule has 7 nitrogen and oxygen atoms in total. The molecule has 0 spiro atoms. The molecule has 6 rings (SSSR count). The molecule has 9 heteroatoms. The van der Waals surface area contributed by atoms with Crippen molar-refractivity contribution < 1.29 is 8.78 Å². The molecule has 40 heavy (non-hydrogen) atoms. The van der Waals surface area contributed by atoms with Crippen LogP contribution in [0.5, 0.6) is 0 Å². The Morgan fingerprint density at radius 1 is 1.23 bits per heavy atom. The maximum Gasteiger partial charge on any atom is 0.261 e. The molecule has 4 aromatic rings. The maximum atomic E-state index is 13.7. The van der Waals surface area contributed by atoms with Gasteiger partial charge in [-0.2, -0.15) is 5.10 Å². The number of aryl methyl sites for hydroxylation is 1. The number of aromatic nitrogens is 5. The Morgan fingerprint density at radius 3 is 2.90 bits per heavy atom. The summed E-state index contributed by atoms with van der Waals surface area (Å²) in [7, 11) is 0. The van der Waals surface area contributed by atoms with E-state index in [1.54, 1.807) is 29.6 Å². The lowest BCUT2D eigenvalue weighted by molar-refractivity contribution is 0.0132. The van der Waals surface area contributed by atoms with Crippen LogP contribution in [0.1, 0.15) is 28.9 Å². The summed E-state index contributed by atoms with van der Waals surface area (Å²) in [6.07, 6.45) is 13.0. The Hall–Kier alpha value is -4.50. The zero-order valence-electron chi connectivity index (χ0n) is 22.2. The zero-order chi connectivity index (χ0) is 27.7. The van der Waals surface area contributed by atoms with Crippen molar-refractivity contribution >= 4 is 28.4 Å². The Bertz CT molecular complexity index is 1690. The van der Waals surface area contributed by atoms with Crippen LogP contribution in [0.25, 0.3) is 33.6 Å². The Kier molecular flexibility index (Phi) is 6.81. The number of likely N-dealkylation sites (tertiary alicyclic amines) is 1. The molecule has 4 aromatic heterocycles. The van der Waals surface area contributed by atoms with Gasteiger partial charge >= 0.3 is 0 Å². The van der Waals surface area contributed by atoms with E-state index in [0.717, 1.165) is 56.0 Å². The third kappa shape index (κ3) is 5.20. The molecule has 2 N–H and O–H groups in total. The lowest BCUT2D eigenvalue weighted by atomic mass is 10.0. The SMILES string of the molecule is C=C/C=C(/c1ccccn1)c1cc(-c2[nH]nc3ncc(C4=CCN=CC(CN5CCC(F)(F)C5)=C4)cc23)[nH]c1C. The average Bonchev–Trinajstić information content (AvgIpc) is 3.58. The number of alkyl halides is 2. The lowest BCUT2D eigenvalue weighted by Gasteiger charge is -2.16. The van der Waals surface area contributed by atoms with Gasteiger partial charge in [-0.05, 0) is 48.4 Å². The topological polar surface area (TPSA) is 85.8 Å². The summed E-state index contributed by atoms with van der Waals surface area (Å²) in [4.78, 5) is 18.9. The van der Waals surface area contributed by atoms with Gasteiger partial charge in [0, 0.05) is 65.9 Å². The number of rotatable bonds is 7. The Labute approximate surface area is 230 Å². The van der Waals surface area contributed by atoms with Gasteiger partial charge in [-0.3, -0.25) is 20.0 Å². The molecule has 0 bridgehead atoms. The van der Waals surface area contributed by atoms with E-state index in [1.165, 1.54) is 0 Å². The average molecular weight is 538 g/mol. The van der Waals surface area contributed by atoms with Crippen molar-refractivity contribution in [1.82, 2.24) is 30.0 Å². The van der Waals surface area contributed by atoms with Gasteiger partial charge in [0.1, 0.15) is 0 Å². The number of hydrogen-bond donors (Lipinski definition) is 2. The predicted molar refractivity (Wildman–Crippen MR) is 155 cm³/mol. The van der Waals surface area contributed by atoms with Gasteiger partial charge in [0.25, 0.3) is 5.92 Å². The normalized spacial score (nSPS) is 17.6. The number of allylic oxidation sites excluding steroid dienone is 4. The van der Waals surface area contributed by atoms with Crippen molar-refractivity contribution in [1.29, 1.82) is 0 Å². The van der Waals surface area contributed by atoms with Crippen LogP contribution in [-0.4, -0.2) is 68.4 Å². The van der Waals surface area contributed by atoms with Gasteiger partial charge in [0.05, 0.1) is 30.2 Å². The fraction of sp³-hybridized carbons (Fsp3) is 0.226.